The lowest BCUT2D eigenvalue weighted by atomic mass is 10.1. The van der Waals surface area contributed by atoms with E-state index in [1.807, 2.05) is 0 Å². The number of carbonyl (C=O) groups is 2. The highest BCUT2D eigenvalue weighted by Crippen LogP contribution is 2.22. The van der Waals surface area contributed by atoms with E-state index >= 15 is 0 Å². The van der Waals surface area contributed by atoms with Crippen LogP contribution in [-0.4, -0.2) is 37.6 Å². The molecular formula is C11H15N3O3. The minimum absolute atomic E-state index is 0.0697. The first-order valence-corrected chi connectivity index (χ1v) is 5.00. The Bertz CT molecular complexity index is 446. The van der Waals surface area contributed by atoms with Crippen molar-refractivity contribution in [1.82, 2.24) is 5.32 Å². The molecule has 17 heavy (non-hydrogen) atoms. The van der Waals surface area contributed by atoms with Crippen LogP contribution in [0.4, 0.5) is 11.4 Å². The van der Waals surface area contributed by atoms with Crippen molar-refractivity contribution in [2.45, 2.75) is 0 Å². The van der Waals surface area contributed by atoms with Crippen molar-refractivity contribution in [1.29, 1.82) is 0 Å². The molecule has 1 aromatic carbocycles. The number of nitrogen functional groups attached to an aromatic ring is 1. The van der Waals surface area contributed by atoms with Crippen molar-refractivity contribution in [2.24, 2.45) is 0 Å². The number of rotatable bonds is 4. The second-order valence-corrected chi connectivity index (χ2v) is 3.61. The number of likely N-dealkylation sites (N-methyl/N-ethyl adjacent to an activating group) is 2. The van der Waals surface area contributed by atoms with Crippen molar-refractivity contribution < 1.29 is 14.7 Å². The Morgan fingerprint density at radius 1 is 1.47 bits per heavy atom. The molecule has 0 aliphatic rings. The maximum Gasteiger partial charge on any atom is 0.337 e. The van der Waals surface area contributed by atoms with Gasteiger partial charge in [-0.25, -0.2) is 4.79 Å². The van der Waals surface area contributed by atoms with E-state index in [1.165, 1.54) is 25.2 Å². The van der Waals surface area contributed by atoms with E-state index in [1.54, 1.807) is 11.9 Å². The molecule has 1 aromatic rings. The summed E-state index contributed by atoms with van der Waals surface area (Å²) >= 11 is 0. The first kappa shape index (κ1) is 12.8. The average molecular weight is 237 g/mol. The molecule has 92 valence electrons. The number of anilines is 2. The van der Waals surface area contributed by atoms with Gasteiger partial charge in [-0.1, -0.05) is 0 Å². The van der Waals surface area contributed by atoms with Crippen molar-refractivity contribution in [3.63, 3.8) is 0 Å². The van der Waals surface area contributed by atoms with Gasteiger partial charge in [-0.05, 0) is 18.2 Å². The Labute approximate surface area is 99.0 Å². The molecule has 0 spiro atoms. The average Bonchev–Trinajstić information content (AvgIpc) is 2.28. The fraction of sp³-hybridized carbons (Fsp3) is 0.273. The number of amides is 1. The van der Waals surface area contributed by atoms with Gasteiger partial charge in [0.1, 0.15) is 0 Å². The van der Waals surface area contributed by atoms with Crippen LogP contribution in [0, 0.1) is 0 Å². The molecule has 1 rings (SSSR count). The van der Waals surface area contributed by atoms with E-state index in [2.05, 4.69) is 5.32 Å². The van der Waals surface area contributed by atoms with Crippen LogP contribution in [0.5, 0.6) is 0 Å². The maximum atomic E-state index is 11.2. The lowest BCUT2D eigenvalue weighted by molar-refractivity contribution is -0.119. The number of benzene rings is 1. The monoisotopic (exact) mass is 237 g/mol. The molecule has 1 amide bonds. The summed E-state index contributed by atoms with van der Waals surface area (Å²) in [6.07, 6.45) is 0. The van der Waals surface area contributed by atoms with Crippen LogP contribution in [0.2, 0.25) is 0 Å². The number of nitrogens with one attached hydrogen (secondary N) is 1. The number of carboxylic acid groups (broad SMARTS) is 1. The van der Waals surface area contributed by atoms with Crippen molar-refractivity contribution in [3.05, 3.63) is 23.8 Å². The minimum atomic E-state index is -1.05. The van der Waals surface area contributed by atoms with E-state index < -0.39 is 5.97 Å². The summed E-state index contributed by atoms with van der Waals surface area (Å²) in [7, 11) is 3.16. The molecular weight excluding hydrogens is 222 g/mol. The number of hydrogen-bond donors (Lipinski definition) is 3. The number of carboxylic acids is 1. The highest BCUT2D eigenvalue weighted by molar-refractivity contribution is 5.96. The molecule has 0 saturated carbocycles. The third-order valence-electron chi connectivity index (χ3n) is 2.32. The largest absolute Gasteiger partial charge is 0.478 e. The summed E-state index contributed by atoms with van der Waals surface area (Å²) in [5.41, 5.74) is 6.60. The van der Waals surface area contributed by atoms with Gasteiger partial charge >= 0.3 is 5.97 Å². The Kier molecular flexibility index (Phi) is 3.92. The molecule has 6 heteroatoms. The van der Waals surface area contributed by atoms with E-state index in [0.29, 0.717) is 11.4 Å². The smallest absolute Gasteiger partial charge is 0.337 e. The molecule has 0 fully saturated rings. The number of aromatic carboxylic acids is 1. The molecule has 0 heterocycles. The van der Waals surface area contributed by atoms with Gasteiger partial charge in [0, 0.05) is 19.8 Å². The van der Waals surface area contributed by atoms with Crippen molar-refractivity contribution in [3.8, 4) is 0 Å². The predicted molar refractivity (Wildman–Crippen MR) is 65.2 cm³/mol. The van der Waals surface area contributed by atoms with Crippen LogP contribution >= 0.6 is 0 Å². The quantitative estimate of drug-likeness (QED) is 0.648. The lowest BCUT2D eigenvalue weighted by Crippen LogP contribution is -2.33. The number of hydrogen-bond acceptors (Lipinski definition) is 4. The molecule has 0 aliphatic heterocycles. The summed E-state index contributed by atoms with van der Waals surface area (Å²) < 4.78 is 0. The molecule has 4 N–H and O–H groups in total. The fourth-order valence-electron chi connectivity index (χ4n) is 1.42. The molecule has 0 atom stereocenters. The van der Waals surface area contributed by atoms with E-state index in [0.717, 1.165) is 0 Å². The first-order chi connectivity index (χ1) is 7.95. The third kappa shape index (κ3) is 3.10. The highest BCUT2D eigenvalue weighted by atomic mass is 16.4. The Balaban J connectivity index is 3.06. The standard InChI is InChI=1S/C11H15N3O3/c1-13-10(15)6-14(2)9-5-7(12)3-4-8(9)11(16)17/h3-5H,6,12H2,1-2H3,(H,13,15)(H,16,17). The van der Waals surface area contributed by atoms with E-state index in [4.69, 9.17) is 10.8 Å². The van der Waals surface area contributed by atoms with Gasteiger partial charge in [0.15, 0.2) is 0 Å². The zero-order chi connectivity index (χ0) is 13.0. The van der Waals surface area contributed by atoms with Gasteiger partial charge < -0.3 is 21.1 Å². The number of nitrogens with zero attached hydrogens (tertiary/aromatic N) is 1. The molecule has 0 bridgehead atoms. The second kappa shape index (κ2) is 5.20. The van der Waals surface area contributed by atoms with Crippen LogP contribution in [0.1, 0.15) is 10.4 Å². The zero-order valence-electron chi connectivity index (χ0n) is 9.73. The lowest BCUT2D eigenvalue weighted by Gasteiger charge is -2.20. The van der Waals surface area contributed by atoms with E-state index in [9.17, 15) is 9.59 Å². The topological polar surface area (TPSA) is 95.7 Å². The molecule has 0 saturated heterocycles. The Hall–Kier alpha value is -2.24. The Morgan fingerprint density at radius 3 is 2.65 bits per heavy atom. The summed E-state index contributed by atoms with van der Waals surface area (Å²) in [5.74, 6) is -1.25. The van der Waals surface area contributed by atoms with Gasteiger partial charge in [0.2, 0.25) is 5.91 Å². The second-order valence-electron chi connectivity index (χ2n) is 3.61. The van der Waals surface area contributed by atoms with Crippen LogP contribution in [0.3, 0.4) is 0 Å². The van der Waals surface area contributed by atoms with Crippen molar-refractivity contribution in [2.75, 3.05) is 31.3 Å². The van der Waals surface area contributed by atoms with Crippen LogP contribution in [-0.2, 0) is 4.79 Å². The SMILES string of the molecule is CNC(=O)CN(C)c1cc(N)ccc1C(=O)O. The van der Waals surface area contributed by atoms with Crippen LogP contribution in [0.25, 0.3) is 0 Å². The van der Waals surface area contributed by atoms with Gasteiger partial charge in [-0.3, -0.25) is 4.79 Å². The van der Waals surface area contributed by atoms with Crippen LogP contribution < -0.4 is 16.0 Å². The van der Waals surface area contributed by atoms with Gasteiger partial charge in [0.05, 0.1) is 17.8 Å². The minimum Gasteiger partial charge on any atom is -0.478 e. The Morgan fingerprint density at radius 2 is 2.12 bits per heavy atom. The summed E-state index contributed by atoms with van der Waals surface area (Å²) in [5, 5.41) is 11.5. The third-order valence-corrected chi connectivity index (χ3v) is 2.32. The summed E-state index contributed by atoms with van der Waals surface area (Å²) in [4.78, 5) is 23.8. The number of carbonyl (C=O) groups excluding carboxylic acids is 1. The van der Waals surface area contributed by atoms with Crippen molar-refractivity contribution >= 4 is 23.3 Å². The zero-order valence-corrected chi connectivity index (χ0v) is 9.73. The maximum absolute atomic E-state index is 11.2. The van der Waals surface area contributed by atoms with Gasteiger partial charge in [-0.15, -0.1) is 0 Å². The van der Waals surface area contributed by atoms with Gasteiger partial charge in [0.25, 0.3) is 0 Å². The van der Waals surface area contributed by atoms with E-state index in [-0.39, 0.29) is 18.0 Å². The molecule has 0 radical (unpaired) electrons. The molecule has 0 aliphatic carbocycles. The van der Waals surface area contributed by atoms with Crippen LogP contribution in [0.15, 0.2) is 18.2 Å². The normalized spacial score (nSPS) is 9.76. The molecule has 0 unspecified atom stereocenters. The first-order valence-electron chi connectivity index (χ1n) is 5.00. The molecule has 0 aromatic heterocycles. The fourth-order valence-corrected chi connectivity index (χ4v) is 1.42. The molecule has 6 nitrogen and oxygen atoms in total. The predicted octanol–water partition coefficient (Wildman–Crippen LogP) is 0.149. The summed E-state index contributed by atoms with van der Waals surface area (Å²) in [6.45, 7) is 0.0697. The van der Waals surface area contributed by atoms with Gasteiger partial charge in [-0.2, -0.15) is 0 Å². The highest BCUT2D eigenvalue weighted by Gasteiger charge is 2.15. The summed E-state index contributed by atoms with van der Waals surface area (Å²) in [6, 6.07) is 4.47. The number of nitrogens with two attached hydrogens (primary N) is 1.